The quantitative estimate of drug-likeness (QED) is 0.533. The van der Waals surface area contributed by atoms with Gasteiger partial charge in [0.2, 0.25) is 5.91 Å². The summed E-state index contributed by atoms with van der Waals surface area (Å²) in [4.78, 5) is 27.8. The first-order valence-electron chi connectivity index (χ1n) is 10.1. The average molecular weight is 385 g/mol. The molecule has 0 aliphatic carbocycles. The van der Waals surface area contributed by atoms with Crippen LogP contribution in [0.5, 0.6) is 5.75 Å². The number of rotatable bonds is 7. The van der Waals surface area contributed by atoms with Gasteiger partial charge in [-0.05, 0) is 38.0 Å². The number of carbonyl (C=O) groups excluding carboxylic acids is 2. The molecule has 6 heteroatoms. The summed E-state index contributed by atoms with van der Waals surface area (Å²) < 4.78 is 16.9. The van der Waals surface area contributed by atoms with Crippen molar-refractivity contribution < 1.29 is 23.8 Å². The monoisotopic (exact) mass is 385 g/mol. The highest BCUT2D eigenvalue weighted by atomic mass is 16.6. The maximum absolute atomic E-state index is 13.4. The first kappa shape index (κ1) is 19.0. The van der Waals surface area contributed by atoms with Gasteiger partial charge in [-0.15, -0.1) is 0 Å². The molecule has 1 aromatic carbocycles. The molecule has 1 aromatic rings. The number of hydrogen-bond donors (Lipinski definition) is 0. The van der Waals surface area contributed by atoms with Gasteiger partial charge in [0, 0.05) is 0 Å². The zero-order chi connectivity index (χ0) is 19.9. The fourth-order valence-electron chi connectivity index (χ4n) is 4.89. The van der Waals surface area contributed by atoms with E-state index in [1.807, 2.05) is 48.2 Å². The summed E-state index contributed by atoms with van der Waals surface area (Å²) in [7, 11) is 0. The molecule has 0 saturated carbocycles. The van der Waals surface area contributed by atoms with Crippen LogP contribution in [-0.2, 0) is 19.1 Å². The number of likely N-dealkylation sites (tertiary alicyclic amines) is 1. The number of hydrogen-bond acceptors (Lipinski definition) is 5. The van der Waals surface area contributed by atoms with Gasteiger partial charge in [0.25, 0.3) is 0 Å². The van der Waals surface area contributed by atoms with Gasteiger partial charge in [0.15, 0.2) is 0 Å². The van der Waals surface area contributed by atoms with Crippen molar-refractivity contribution in [3.63, 3.8) is 0 Å². The predicted octanol–water partition coefficient (Wildman–Crippen LogP) is 2.88. The molecule has 6 nitrogen and oxygen atoms in total. The van der Waals surface area contributed by atoms with E-state index in [0.717, 1.165) is 17.7 Å². The van der Waals surface area contributed by atoms with Crippen molar-refractivity contribution in [3.05, 3.63) is 42.0 Å². The molecule has 4 rings (SSSR count). The van der Waals surface area contributed by atoms with Crippen LogP contribution in [0.3, 0.4) is 0 Å². The summed E-state index contributed by atoms with van der Waals surface area (Å²) >= 11 is 0. The normalized spacial score (nSPS) is 31.2. The molecule has 0 N–H and O–H groups in total. The molecule has 3 heterocycles. The third-order valence-electron chi connectivity index (χ3n) is 6.03. The number of esters is 1. The van der Waals surface area contributed by atoms with Crippen molar-refractivity contribution in [1.82, 2.24) is 4.90 Å². The molecule has 3 aliphatic heterocycles. The standard InChI is InChI=1S/C22H27NO5/c1-4-16(14-7-9-15(10-8-14)26-5-2)23-13-22-12-11-17(28-22)18(19(22)20(23)24)21(25)27-6-3/h7-12,16-19H,4-6,13H2,1-3H3. The Bertz CT molecular complexity index is 789. The Labute approximate surface area is 165 Å². The van der Waals surface area contributed by atoms with E-state index in [2.05, 4.69) is 6.92 Å². The van der Waals surface area contributed by atoms with E-state index in [0.29, 0.717) is 19.8 Å². The molecule has 1 spiro atoms. The van der Waals surface area contributed by atoms with Crippen LogP contribution in [0.15, 0.2) is 36.4 Å². The van der Waals surface area contributed by atoms with Gasteiger partial charge >= 0.3 is 5.97 Å². The molecule has 28 heavy (non-hydrogen) atoms. The summed E-state index contributed by atoms with van der Waals surface area (Å²) in [5.41, 5.74) is 0.347. The minimum Gasteiger partial charge on any atom is -0.494 e. The maximum atomic E-state index is 13.4. The molecule has 0 radical (unpaired) electrons. The third kappa shape index (κ3) is 2.82. The predicted molar refractivity (Wildman–Crippen MR) is 103 cm³/mol. The number of carbonyl (C=O) groups is 2. The molecule has 0 aromatic heterocycles. The molecular formula is C22H27NO5. The molecule has 1 amide bonds. The van der Waals surface area contributed by atoms with Gasteiger partial charge < -0.3 is 19.1 Å². The number of amides is 1. The van der Waals surface area contributed by atoms with E-state index >= 15 is 0 Å². The molecule has 3 aliphatic rings. The van der Waals surface area contributed by atoms with Crippen molar-refractivity contribution >= 4 is 11.9 Å². The van der Waals surface area contributed by atoms with Crippen molar-refractivity contribution in [3.8, 4) is 5.75 Å². The topological polar surface area (TPSA) is 65.1 Å². The summed E-state index contributed by atoms with van der Waals surface area (Å²) in [6.45, 7) is 7.17. The first-order valence-corrected chi connectivity index (χ1v) is 10.1. The second kappa shape index (κ2) is 7.24. The van der Waals surface area contributed by atoms with Crippen LogP contribution in [-0.4, -0.2) is 48.2 Å². The van der Waals surface area contributed by atoms with E-state index < -0.39 is 17.4 Å². The van der Waals surface area contributed by atoms with Crippen molar-refractivity contribution in [2.75, 3.05) is 19.8 Å². The molecule has 2 fully saturated rings. The van der Waals surface area contributed by atoms with E-state index in [1.54, 1.807) is 6.92 Å². The highest BCUT2D eigenvalue weighted by Crippen LogP contribution is 2.53. The van der Waals surface area contributed by atoms with E-state index in [4.69, 9.17) is 14.2 Å². The van der Waals surface area contributed by atoms with Gasteiger partial charge in [0.05, 0.1) is 37.8 Å². The molecule has 2 saturated heterocycles. The minimum absolute atomic E-state index is 0.0226. The van der Waals surface area contributed by atoms with Gasteiger partial charge in [-0.25, -0.2) is 0 Å². The van der Waals surface area contributed by atoms with Crippen LogP contribution < -0.4 is 4.74 Å². The fourth-order valence-corrected chi connectivity index (χ4v) is 4.89. The van der Waals surface area contributed by atoms with Gasteiger partial charge in [-0.3, -0.25) is 9.59 Å². The molecule has 5 atom stereocenters. The van der Waals surface area contributed by atoms with Crippen LogP contribution in [0.4, 0.5) is 0 Å². The number of fused-ring (bicyclic) bond motifs is 1. The van der Waals surface area contributed by atoms with E-state index in [-0.39, 0.29) is 24.0 Å². The van der Waals surface area contributed by atoms with Crippen LogP contribution in [0.2, 0.25) is 0 Å². The van der Waals surface area contributed by atoms with Crippen LogP contribution in [0.25, 0.3) is 0 Å². The third-order valence-corrected chi connectivity index (χ3v) is 6.03. The highest BCUT2D eigenvalue weighted by molar-refractivity contribution is 5.91. The summed E-state index contributed by atoms with van der Waals surface area (Å²) in [5.74, 6) is -0.603. The van der Waals surface area contributed by atoms with Gasteiger partial charge in [0.1, 0.15) is 17.3 Å². The summed E-state index contributed by atoms with van der Waals surface area (Å²) in [5, 5.41) is 0. The summed E-state index contributed by atoms with van der Waals surface area (Å²) in [6.07, 6.45) is 4.30. The second-order valence-corrected chi connectivity index (χ2v) is 7.54. The number of benzene rings is 1. The number of ether oxygens (including phenoxy) is 3. The highest BCUT2D eigenvalue weighted by Gasteiger charge is 2.67. The van der Waals surface area contributed by atoms with Gasteiger partial charge in [-0.2, -0.15) is 0 Å². The van der Waals surface area contributed by atoms with Crippen molar-refractivity contribution in [1.29, 1.82) is 0 Å². The Morgan fingerprint density at radius 3 is 2.64 bits per heavy atom. The van der Waals surface area contributed by atoms with E-state index in [1.165, 1.54) is 0 Å². The molecular weight excluding hydrogens is 358 g/mol. The molecule has 2 bridgehead atoms. The van der Waals surface area contributed by atoms with Crippen molar-refractivity contribution in [2.24, 2.45) is 11.8 Å². The van der Waals surface area contributed by atoms with Crippen LogP contribution in [0, 0.1) is 11.8 Å². The van der Waals surface area contributed by atoms with E-state index in [9.17, 15) is 9.59 Å². The average Bonchev–Trinajstić information content (AvgIpc) is 3.33. The smallest absolute Gasteiger partial charge is 0.312 e. The summed E-state index contributed by atoms with van der Waals surface area (Å²) in [6, 6.07) is 7.82. The van der Waals surface area contributed by atoms with Crippen molar-refractivity contribution in [2.45, 2.75) is 44.9 Å². The maximum Gasteiger partial charge on any atom is 0.312 e. The first-order chi connectivity index (χ1) is 13.5. The SMILES string of the molecule is CCOC(=O)C1C2C=CC3(CN(C(CC)c4ccc(OCC)cc4)C(=O)C13)O2. The Morgan fingerprint density at radius 2 is 2.00 bits per heavy atom. The molecule has 5 unspecified atom stereocenters. The zero-order valence-corrected chi connectivity index (χ0v) is 16.6. The molecule has 150 valence electrons. The lowest BCUT2D eigenvalue weighted by Gasteiger charge is -2.30. The second-order valence-electron chi connectivity index (χ2n) is 7.54. The Hall–Kier alpha value is -2.34. The zero-order valence-electron chi connectivity index (χ0n) is 16.6. The Balaban J connectivity index is 1.60. The van der Waals surface area contributed by atoms with Crippen LogP contribution in [0.1, 0.15) is 38.8 Å². The Morgan fingerprint density at radius 1 is 1.25 bits per heavy atom. The van der Waals surface area contributed by atoms with Crippen LogP contribution >= 0.6 is 0 Å². The largest absolute Gasteiger partial charge is 0.494 e. The fraction of sp³-hybridized carbons (Fsp3) is 0.545. The lowest BCUT2D eigenvalue weighted by Crippen LogP contribution is -2.40. The Kier molecular flexibility index (Phi) is 4.91. The lowest BCUT2D eigenvalue weighted by atomic mass is 9.77. The minimum atomic E-state index is -0.710. The number of nitrogens with zero attached hydrogens (tertiary/aromatic N) is 1. The van der Waals surface area contributed by atoms with Gasteiger partial charge in [-0.1, -0.05) is 31.2 Å². The lowest BCUT2D eigenvalue weighted by molar-refractivity contribution is -0.153.